The number of carbonyl (C=O) groups excluding carboxylic acids is 1. The monoisotopic (exact) mass is 204 g/mol. The predicted molar refractivity (Wildman–Crippen MR) is 45.0 cm³/mol. The van der Waals surface area contributed by atoms with Gasteiger partial charge in [0.2, 0.25) is 0 Å². The Kier molecular flexibility index (Phi) is 5.78. The predicted octanol–water partition coefficient (Wildman–Crippen LogP) is -0.0799. The van der Waals surface area contributed by atoms with Crippen molar-refractivity contribution >= 4 is 15.1 Å². The molecule has 0 aliphatic heterocycles. The SMILES string of the molecule is C=C(C)C(=O)OCCCO[Si](=O)O. The average Bonchev–Trinajstić information content (AvgIpc) is 2.02. The first-order valence-electron chi connectivity index (χ1n) is 3.72. The van der Waals surface area contributed by atoms with Gasteiger partial charge in [-0.2, -0.15) is 0 Å². The highest BCUT2D eigenvalue weighted by molar-refractivity contribution is 6.24. The summed E-state index contributed by atoms with van der Waals surface area (Å²) in [6.45, 7) is 5.21. The van der Waals surface area contributed by atoms with Crippen molar-refractivity contribution in [1.82, 2.24) is 0 Å². The summed E-state index contributed by atoms with van der Waals surface area (Å²) in [4.78, 5) is 19.0. The van der Waals surface area contributed by atoms with Gasteiger partial charge < -0.3 is 14.0 Å². The van der Waals surface area contributed by atoms with Crippen molar-refractivity contribution in [2.75, 3.05) is 13.2 Å². The van der Waals surface area contributed by atoms with E-state index < -0.39 is 15.1 Å². The van der Waals surface area contributed by atoms with Crippen molar-refractivity contribution in [3.63, 3.8) is 0 Å². The fourth-order valence-corrected chi connectivity index (χ4v) is 0.825. The minimum atomic E-state index is -2.86. The zero-order valence-corrected chi connectivity index (χ0v) is 8.41. The van der Waals surface area contributed by atoms with Crippen molar-refractivity contribution < 1.29 is 23.2 Å². The molecule has 0 aromatic rings. The molecule has 0 aromatic heterocycles. The summed E-state index contributed by atoms with van der Waals surface area (Å²) in [5.74, 6) is -0.461. The molecule has 0 atom stereocenters. The lowest BCUT2D eigenvalue weighted by molar-refractivity contribution is -0.139. The number of ether oxygens (including phenoxy) is 1. The van der Waals surface area contributed by atoms with E-state index in [9.17, 15) is 9.26 Å². The van der Waals surface area contributed by atoms with Gasteiger partial charge in [0.05, 0.1) is 13.2 Å². The van der Waals surface area contributed by atoms with E-state index in [1.165, 1.54) is 0 Å². The molecule has 13 heavy (non-hydrogen) atoms. The Hall–Kier alpha value is -1.17. The quantitative estimate of drug-likeness (QED) is 0.283. The van der Waals surface area contributed by atoms with Gasteiger partial charge >= 0.3 is 15.1 Å². The molecular weight excluding hydrogens is 192 g/mol. The lowest BCUT2D eigenvalue weighted by atomic mass is 10.4. The number of hydrogen-bond donors (Lipinski definition) is 1. The highest BCUT2D eigenvalue weighted by Gasteiger charge is 2.04. The zero-order chi connectivity index (χ0) is 10.3. The van der Waals surface area contributed by atoms with Gasteiger partial charge in [0.1, 0.15) is 0 Å². The van der Waals surface area contributed by atoms with E-state index in [4.69, 9.17) is 9.53 Å². The Morgan fingerprint density at radius 3 is 2.62 bits per heavy atom. The molecule has 0 amide bonds. The van der Waals surface area contributed by atoms with Crippen molar-refractivity contribution in [3.05, 3.63) is 12.2 Å². The van der Waals surface area contributed by atoms with Crippen molar-refractivity contribution in [3.8, 4) is 0 Å². The Labute approximate surface area is 77.9 Å². The third-order valence-electron chi connectivity index (χ3n) is 1.10. The van der Waals surface area contributed by atoms with Gasteiger partial charge in [0, 0.05) is 12.0 Å². The lowest BCUT2D eigenvalue weighted by Gasteiger charge is -2.03. The second-order valence-electron chi connectivity index (χ2n) is 2.38. The van der Waals surface area contributed by atoms with Crippen molar-refractivity contribution in [2.45, 2.75) is 13.3 Å². The van der Waals surface area contributed by atoms with Crippen LogP contribution in [-0.2, 0) is 18.4 Å². The molecule has 0 spiro atoms. The zero-order valence-electron chi connectivity index (χ0n) is 7.41. The summed E-state index contributed by atoms with van der Waals surface area (Å²) in [5.41, 5.74) is 0.330. The summed E-state index contributed by atoms with van der Waals surface area (Å²) in [6.07, 6.45) is 0.399. The van der Waals surface area contributed by atoms with E-state index in [0.717, 1.165) is 0 Å². The molecule has 74 valence electrons. The van der Waals surface area contributed by atoms with Crippen LogP contribution in [0.2, 0.25) is 0 Å². The van der Waals surface area contributed by atoms with Crippen LogP contribution in [0.5, 0.6) is 0 Å². The molecule has 0 aliphatic rings. The number of rotatable bonds is 6. The van der Waals surface area contributed by atoms with Gasteiger partial charge in [0.25, 0.3) is 0 Å². The van der Waals surface area contributed by atoms with Gasteiger partial charge in [0.15, 0.2) is 0 Å². The fraction of sp³-hybridized carbons (Fsp3) is 0.571. The molecule has 0 fully saturated rings. The van der Waals surface area contributed by atoms with E-state index in [1.54, 1.807) is 6.92 Å². The van der Waals surface area contributed by atoms with E-state index in [2.05, 4.69) is 11.0 Å². The molecule has 0 aromatic carbocycles. The number of hydrogen-bond acceptors (Lipinski definition) is 4. The van der Waals surface area contributed by atoms with E-state index in [1.807, 2.05) is 0 Å². The lowest BCUT2D eigenvalue weighted by Crippen LogP contribution is -2.11. The number of carbonyl (C=O) groups is 1. The van der Waals surface area contributed by atoms with Gasteiger partial charge in [-0.15, -0.1) is 0 Å². The Morgan fingerprint density at radius 1 is 1.54 bits per heavy atom. The molecule has 0 saturated carbocycles. The second kappa shape index (κ2) is 6.35. The van der Waals surface area contributed by atoms with E-state index in [-0.39, 0.29) is 13.2 Å². The van der Waals surface area contributed by atoms with Gasteiger partial charge in [-0.3, -0.25) is 4.46 Å². The van der Waals surface area contributed by atoms with Gasteiger partial charge in [-0.1, -0.05) is 6.58 Å². The second-order valence-corrected chi connectivity index (χ2v) is 3.20. The van der Waals surface area contributed by atoms with Crippen molar-refractivity contribution in [1.29, 1.82) is 0 Å². The van der Waals surface area contributed by atoms with Crippen LogP contribution in [0.1, 0.15) is 13.3 Å². The fourth-order valence-electron chi connectivity index (χ4n) is 0.506. The molecule has 6 heteroatoms. The summed E-state index contributed by atoms with van der Waals surface area (Å²) in [6, 6.07) is 0. The first kappa shape index (κ1) is 11.8. The molecule has 5 nitrogen and oxygen atoms in total. The van der Waals surface area contributed by atoms with Crippen LogP contribution in [0.4, 0.5) is 0 Å². The van der Waals surface area contributed by atoms with Gasteiger partial charge in [-0.25, -0.2) is 4.79 Å². The summed E-state index contributed by atoms with van der Waals surface area (Å²) in [5, 5.41) is 0. The summed E-state index contributed by atoms with van der Waals surface area (Å²) in [7, 11) is -2.86. The Morgan fingerprint density at radius 2 is 2.15 bits per heavy atom. The molecule has 0 unspecified atom stereocenters. The molecule has 0 saturated heterocycles. The maximum atomic E-state index is 10.8. The van der Waals surface area contributed by atoms with E-state index >= 15 is 0 Å². The van der Waals surface area contributed by atoms with Crippen LogP contribution in [0.15, 0.2) is 12.2 Å². The molecule has 0 rings (SSSR count). The normalized spacial score (nSPS) is 9.00. The first-order chi connectivity index (χ1) is 6.04. The van der Waals surface area contributed by atoms with E-state index in [0.29, 0.717) is 12.0 Å². The van der Waals surface area contributed by atoms with Crippen molar-refractivity contribution in [2.24, 2.45) is 0 Å². The average molecular weight is 204 g/mol. The van der Waals surface area contributed by atoms with Crippen LogP contribution < -0.4 is 0 Å². The van der Waals surface area contributed by atoms with Crippen LogP contribution in [0.3, 0.4) is 0 Å². The maximum Gasteiger partial charge on any atom is 0.764 e. The minimum Gasteiger partial charge on any atom is -0.511 e. The smallest absolute Gasteiger partial charge is 0.511 e. The Balaban J connectivity index is 3.31. The first-order valence-corrected chi connectivity index (χ1v) is 4.98. The molecule has 0 heterocycles. The summed E-state index contributed by atoms with van der Waals surface area (Å²) < 4.78 is 19.1. The molecule has 0 radical (unpaired) electrons. The molecular formula is C7H12O5Si. The highest BCUT2D eigenvalue weighted by Crippen LogP contribution is 1.93. The van der Waals surface area contributed by atoms with Crippen LogP contribution >= 0.6 is 0 Å². The third-order valence-corrected chi connectivity index (χ3v) is 1.55. The van der Waals surface area contributed by atoms with Crippen LogP contribution in [0.25, 0.3) is 0 Å². The third kappa shape index (κ3) is 7.20. The molecule has 1 N–H and O–H groups in total. The Bertz CT molecular complexity index is 213. The molecule has 0 aliphatic carbocycles. The number of esters is 1. The van der Waals surface area contributed by atoms with Gasteiger partial charge in [-0.05, 0) is 6.92 Å². The molecule has 0 bridgehead atoms. The van der Waals surface area contributed by atoms with Crippen LogP contribution in [-0.4, -0.2) is 33.1 Å². The minimum absolute atomic E-state index is 0.109. The summed E-state index contributed by atoms with van der Waals surface area (Å²) >= 11 is 0. The topological polar surface area (TPSA) is 72.8 Å². The maximum absolute atomic E-state index is 10.8. The largest absolute Gasteiger partial charge is 0.764 e. The highest BCUT2D eigenvalue weighted by atomic mass is 28.3. The standard InChI is InChI=1S/C7H12O5Si/c1-6(2)7(8)11-4-3-5-12-13(9)10/h9H,1,3-5H2,2H3. The van der Waals surface area contributed by atoms with Crippen LogP contribution in [0, 0.1) is 0 Å².